The molecule has 4 heteroatoms. The average Bonchev–Trinajstić information content (AvgIpc) is 2.47. The second-order valence-corrected chi connectivity index (χ2v) is 5.56. The van der Waals surface area contributed by atoms with E-state index in [0.29, 0.717) is 12.2 Å². The van der Waals surface area contributed by atoms with E-state index in [1.807, 2.05) is 6.07 Å². The minimum absolute atomic E-state index is 0.237. The highest BCUT2D eigenvalue weighted by atomic mass is 79.9. The van der Waals surface area contributed by atoms with Gasteiger partial charge in [-0.25, -0.2) is 4.39 Å². The van der Waals surface area contributed by atoms with Gasteiger partial charge in [0.1, 0.15) is 0 Å². The van der Waals surface area contributed by atoms with Gasteiger partial charge in [-0.05, 0) is 31.0 Å². The molecular formula is C16H21BrFNO. The van der Waals surface area contributed by atoms with Crippen molar-refractivity contribution in [3.8, 4) is 11.8 Å². The molecule has 20 heavy (non-hydrogen) atoms. The van der Waals surface area contributed by atoms with Crippen molar-refractivity contribution >= 4 is 15.9 Å². The van der Waals surface area contributed by atoms with Gasteiger partial charge in [-0.2, -0.15) is 5.26 Å². The lowest BCUT2D eigenvalue weighted by Crippen LogP contribution is -1.99. The Kier molecular flexibility index (Phi) is 9.06. The molecule has 1 aromatic carbocycles. The first-order chi connectivity index (χ1) is 9.77. The van der Waals surface area contributed by atoms with Crippen molar-refractivity contribution in [3.63, 3.8) is 0 Å². The number of halogens is 2. The Morgan fingerprint density at radius 1 is 1.05 bits per heavy atom. The van der Waals surface area contributed by atoms with Crippen LogP contribution in [0.3, 0.4) is 0 Å². The third-order valence-corrected chi connectivity index (χ3v) is 3.66. The fraction of sp³-hybridized carbons (Fsp3) is 0.562. The first kappa shape index (κ1) is 17.0. The van der Waals surface area contributed by atoms with Crippen LogP contribution in [0.2, 0.25) is 0 Å². The van der Waals surface area contributed by atoms with E-state index in [1.54, 1.807) is 6.07 Å². The number of nitriles is 1. The summed E-state index contributed by atoms with van der Waals surface area (Å²) in [5, 5.41) is 9.74. The number of unbranched alkanes of at least 4 members (excludes halogenated alkanes) is 6. The maximum absolute atomic E-state index is 13.5. The molecule has 0 saturated heterocycles. The van der Waals surface area contributed by atoms with E-state index in [1.165, 1.54) is 44.2 Å². The number of benzene rings is 1. The van der Waals surface area contributed by atoms with E-state index in [9.17, 15) is 4.39 Å². The summed E-state index contributed by atoms with van der Waals surface area (Å²) in [6.07, 6.45) is 8.36. The summed E-state index contributed by atoms with van der Waals surface area (Å²) in [5.41, 5.74) is 0.318. The molecule has 0 atom stereocenters. The Balaban J connectivity index is 2.08. The summed E-state index contributed by atoms with van der Waals surface area (Å²) in [6.45, 7) is 0.532. The first-order valence-electron chi connectivity index (χ1n) is 7.16. The molecule has 0 aromatic heterocycles. The zero-order valence-electron chi connectivity index (χ0n) is 11.7. The Morgan fingerprint density at radius 2 is 1.70 bits per heavy atom. The van der Waals surface area contributed by atoms with E-state index < -0.39 is 5.82 Å². The molecule has 0 N–H and O–H groups in total. The van der Waals surface area contributed by atoms with E-state index in [2.05, 4.69) is 15.9 Å². The van der Waals surface area contributed by atoms with Crippen molar-refractivity contribution in [1.29, 1.82) is 5.26 Å². The summed E-state index contributed by atoms with van der Waals surface area (Å²) in [6, 6.07) is 6.20. The fourth-order valence-electron chi connectivity index (χ4n) is 1.95. The largest absolute Gasteiger partial charge is 0.491 e. The molecule has 2 nitrogen and oxygen atoms in total. The van der Waals surface area contributed by atoms with E-state index >= 15 is 0 Å². The number of hydrogen-bond acceptors (Lipinski definition) is 2. The van der Waals surface area contributed by atoms with E-state index in [0.717, 1.165) is 18.2 Å². The lowest BCUT2D eigenvalue weighted by Gasteiger charge is -2.07. The topological polar surface area (TPSA) is 33.0 Å². The minimum Gasteiger partial charge on any atom is -0.491 e. The number of hydrogen-bond donors (Lipinski definition) is 0. The molecule has 0 aliphatic heterocycles. The molecule has 1 aromatic rings. The number of alkyl halides is 1. The van der Waals surface area contributed by atoms with Gasteiger partial charge in [-0.1, -0.05) is 48.0 Å². The molecule has 1 rings (SSSR count). The molecule has 0 fully saturated rings. The van der Waals surface area contributed by atoms with Crippen LogP contribution in [0.15, 0.2) is 18.2 Å². The van der Waals surface area contributed by atoms with Crippen LogP contribution in [-0.2, 0) is 0 Å². The third-order valence-electron chi connectivity index (χ3n) is 3.10. The highest BCUT2D eigenvalue weighted by molar-refractivity contribution is 9.09. The van der Waals surface area contributed by atoms with Crippen LogP contribution in [0.5, 0.6) is 5.75 Å². The predicted octanol–water partition coefficient (Wildman–Crippen LogP) is 5.20. The molecule has 0 unspecified atom stereocenters. The summed E-state index contributed by atoms with van der Waals surface area (Å²) in [4.78, 5) is 0. The van der Waals surface area contributed by atoms with Gasteiger partial charge in [0.25, 0.3) is 0 Å². The van der Waals surface area contributed by atoms with E-state index in [4.69, 9.17) is 10.00 Å². The molecule has 0 radical (unpaired) electrons. The van der Waals surface area contributed by atoms with Crippen LogP contribution in [0.25, 0.3) is 0 Å². The van der Waals surface area contributed by atoms with Gasteiger partial charge in [0, 0.05) is 5.33 Å². The number of nitrogens with zero attached hydrogens (tertiary/aromatic N) is 1. The molecule has 0 heterocycles. The van der Waals surface area contributed by atoms with Gasteiger partial charge in [0.05, 0.1) is 18.2 Å². The molecule has 0 aliphatic rings. The SMILES string of the molecule is N#Cc1ccc(OCCCCCCCCCBr)c(F)c1. The highest BCUT2D eigenvalue weighted by Crippen LogP contribution is 2.18. The molecule has 0 bridgehead atoms. The summed E-state index contributed by atoms with van der Waals surface area (Å²) in [7, 11) is 0. The molecule has 0 spiro atoms. The van der Waals surface area contributed by atoms with Crippen LogP contribution in [0, 0.1) is 17.1 Å². The van der Waals surface area contributed by atoms with Crippen molar-refractivity contribution in [1.82, 2.24) is 0 Å². The molecule has 0 amide bonds. The van der Waals surface area contributed by atoms with Crippen molar-refractivity contribution in [2.75, 3.05) is 11.9 Å². The van der Waals surface area contributed by atoms with Crippen LogP contribution in [0.4, 0.5) is 4.39 Å². The van der Waals surface area contributed by atoms with Gasteiger partial charge >= 0.3 is 0 Å². The normalized spacial score (nSPS) is 10.2. The quantitative estimate of drug-likeness (QED) is 0.432. The standard InChI is InChI=1S/C16H21BrFNO/c17-10-6-4-2-1-3-5-7-11-20-16-9-8-14(13-19)12-15(16)18/h8-9,12H,1-7,10-11H2. The summed E-state index contributed by atoms with van der Waals surface area (Å²) < 4.78 is 18.9. The van der Waals surface area contributed by atoms with Crippen LogP contribution < -0.4 is 4.74 Å². The maximum Gasteiger partial charge on any atom is 0.166 e. The lowest BCUT2D eigenvalue weighted by atomic mass is 10.1. The Hall–Kier alpha value is -1.08. The predicted molar refractivity (Wildman–Crippen MR) is 82.7 cm³/mol. The zero-order valence-corrected chi connectivity index (χ0v) is 13.3. The van der Waals surface area contributed by atoms with Crippen molar-refractivity contribution in [3.05, 3.63) is 29.6 Å². The van der Waals surface area contributed by atoms with Gasteiger partial charge in [-0.15, -0.1) is 0 Å². The second kappa shape index (κ2) is 10.7. The number of ether oxygens (including phenoxy) is 1. The average molecular weight is 342 g/mol. The monoisotopic (exact) mass is 341 g/mol. The maximum atomic E-state index is 13.5. The Bertz CT molecular complexity index is 431. The van der Waals surface area contributed by atoms with Gasteiger partial charge in [0.2, 0.25) is 0 Å². The smallest absolute Gasteiger partial charge is 0.166 e. The van der Waals surface area contributed by atoms with Crippen LogP contribution >= 0.6 is 15.9 Å². The zero-order chi connectivity index (χ0) is 14.6. The van der Waals surface area contributed by atoms with Crippen molar-refractivity contribution in [2.24, 2.45) is 0 Å². The lowest BCUT2D eigenvalue weighted by molar-refractivity contribution is 0.290. The molecular weight excluding hydrogens is 321 g/mol. The van der Waals surface area contributed by atoms with Crippen LogP contribution in [0.1, 0.15) is 50.5 Å². The van der Waals surface area contributed by atoms with Gasteiger partial charge in [0.15, 0.2) is 11.6 Å². The van der Waals surface area contributed by atoms with Gasteiger partial charge in [-0.3, -0.25) is 0 Å². The molecule has 0 saturated carbocycles. The fourth-order valence-corrected chi connectivity index (χ4v) is 2.35. The molecule has 110 valence electrons. The van der Waals surface area contributed by atoms with Gasteiger partial charge < -0.3 is 4.74 Å². The first-order valence-corrected chi connectivity index (χ1v) is 8.28. The third kappa shape index (κ3) is 6.91. The Labute approximate surface area is 129 Å². The van der Waals surface area contributed by atoms with Crippen molar-refractivity contribution < 1.29 is 9.13 Å². The number of rotatable bonds is 10. The highest BCUT2D eigenvalue weighted by Gasteiger charge is 2.04. The second-order valence-electron chi connectivity index (χ2n) is 4.77. The minimum atomic E-state index is -0.459. The Morgan fingerprint density at radius 3 is 2.30 bits per heavy atom. The van der Waals surface area contributed by atoms with Crippen molar-refractivity contribution in [2.45, 2.75) is 44.9 Å². The summed E-state index contributed by atoms with van der Waals surface area (Å²) in [5.74, 6) is -0.222. The van der Waals surface area contributed by atoms with Crippen LogP contribution in [-0.4, -0.2) is 11.9 Å². The van der Waals surface area contributed by atoms with E-state index in [-0.39, 0.29) is 5.75 Å². The molecule has 0 aliphatic carbocycles. The summed E-state index contributed by atoms with van der Waals surface area (Å²) >= 11 is 3.42.